The molecule has 4 heteroatoms. The van der Waals surface area contributed by atoms with Crippen molar-refractivity contribution in [2.75, 3.05) is 0 Å². The van der Waals surface area contributed by atoms with Gasteiger partial charge in [0.25, 0.3) is 5.56 Å². The maximum atomic E-state index is 13.0. The molecule has 0 atom stereocenters. The first-order chi connectivity index (χ1) is 11.8. The molecule has 2 heterocycles. The molecule has 0 aliphatic carbocycles. The first-order valence-electron chi connectivity index (χ1n) is 7.78. The van der Waals surface area contributed by atoms with Crippen molar-refractivity contribution in [2.24, 2.45) is 0 Å². The van der Waals surface area contributed by atoms with Crippen LogP contribution in [0.4, 0.5) is 0 Å². The van der Waals surface area contributed by atoms with E-state index in [-0.39, 0.29) is 5.56 Å². The average molecular weight is 313 g/mol. The van der Waals surface area contributed by atoms with Gasteiger partial charge in [-0.25, -0.2) is 4.98 Å². The maximum Gasteiger partial charge on any atom is 0.262 e. The Kier molecular flexibility index (Phi) is 3.63. The summed E-state index contributed by atoms with van der Waals surface area (Å²) in [6.07, 6.45) is 1.73. The molecular formula is C20H15N3O. The Bertz CT molecular complexity index is 1040. The Labute approximate surface area is 139 Å². The fourth-order valence-corrected chi connectivity index (χ4v) is 2.78. The average Bonchev–Trinajstić information content (AvgIpc) is 2.65. The van der Waals surface area contributed by atoms with Gasteiger partial charge in [-0.2, -0.15) is 0 Å². The van der Waals surface area contributed by atoms with E-state index in [1.165, 1.54) is 0 Å². The minimum atomic E-state index is -0.0508. The van der Waals surface area contributed by atoms with Crippen molar-refractivity contribution in [3.8, 4) is 11.4 Å². The summed E-state index contributed by atoms with van der Waals surface area (Å²) in [5.41, 5.74) is 2.40. The van der Waals surface area contributed by atoms with Crippen molar-refractivity contribution in [3.05, 3.63) is 95.0 Å². The van der Waals surface area contributed by atoms with Crippen LogP contribution >= 0.6 is 0 Å². The molecule has 4 rings (SSSR count). The van der Waals surface area contributed by atoms with E-state index in [2.05, 4.69) is 4.98 Å². The monoisotopic (exact) mass is 313 g/mol. The highest BCUT2D eigenvalue weighted by molar-refractivity contribution is 5.79. The van der Waals surface area contributed by atoms with Crippen LogP contribution in [0.3, 0.4) is 0 Å². The Morgan fingerprint density at radius 3 is 2.38 bits per heavy atom. The molecule has 0 aliphatic heterocycles. The number of aromatic nitrogens is 3. The summed E-state index contributed by atoms with van der Waals surface area (Å²) in [6.45, 7) is 0.391. The van der Waals surface area contributed by atoms with Gasteiger partial charge in [0.1, 0.15) is 5.82 Å². The number of pyridine rings is 1. The summed E-state index contributed by atoms with van der Waals surface area (Å²) in [7, 11) is 0. The molecule has 0 saturated heterocycles. The molecule has 24 heavy (non-hydrogen) atoms. The topological polar surface area (TPSA) is 47.8 Å². The largest absolute Gasteiger partial charge is 0.286 e. The van der Waals surface area contributed by atoms with Crippen LogP contribution in [-0.2, 0) is 6.54 Å². The second kappa shape index (κ2) is 6.08. The molecule has 0 unspecified atom stereocenters. The molecule has 2 aromatic heterocycles. The molecule has 0 bridgehead atoms. The third kappa shape index (κ3) is 2.58. The van der Waals surface area contributed by atoms with Crippen LogP contribution in [0.25, 0.3) is 22.3 Å². The summed E-state index contributed by atoms with van der Waals surface area (Å²) in [5.74, 6) is 0.657. The molecule has 4 nitrogen and oxygen atoms in total. The number of hydrogen-bond acceptors (Lipinski definition) is 3. The molecule has 0 spiro atoms. The zero-order valence-corrected chi connectivity index (χ0v) is 13.0. The summed E-state index contributed by atoms with van der Waals surface area (Å²) < 4.78 is 1.69. The molecule has 116 valence electrons. The van der Waals surface area contributed by atoms with E-state index in [0.29, 0.717) is 23.3 Å². The summed E-state index contributed by atoms with van der Waals surface area (Å²) in [5, 5.41) is 0.619. The van der Waals surface area contributed by atoms with Crippen LogP contribution in [0, 0.1) is 0 Å². The van der Waals surface area contributed by atoms with Crippen LogP contribution < -0.4 is 5.56 Å². The van der Waals surface area contributed by atoms with Gasteiger partial charge in [0.05, 0.1) is 23.1 Å². The van der Waals surface area contributed by atoms with Gasteiger partial charge in [0.15, 0.2) is 0 Å². The third-order valence-corrected chi connectivity index (χ3v) is 3.94. The number of nitrogens with zero attached hydrogens (tertiary/aromatic N) is 3. The summed E-state index contributed by atoms with van der Waals surface area (Å²) >= 11 is 0. The predicted molar refractivity (Wildman–Crippen MR) is 94.8 cm³/mol. The lowest BCUT2D eigenvalue weighted by atomic mass is 10.1. The second-order valence-corrected chi connectivity index (χ2v) is 5.53. The van der Waals surface area contributed by atoms with Crippen LogP contribution in [0.15, 0.2) is 83.8 Å². The van der Waals surface area contributed by atoms with Gasteiger partial charge in [-0.3, -0.25) is 14.3 Å². The highest BCUT2D eigenvalue weighted by atomic mass is 16.1. The zero-order valence-electron chi connectivity index (χ0n) is 13.0. The van der Waals surface area contributed by atoms with E-state index < -0.39 is 0 Å². The summed E-state index contributed by atoms with van der Waals surface area (Å²) in [6, 6.07) is 22.9. The summed E-state index contributed by atoms with van der Waals surface area (Å²) in [4.78, 5) is 22.1. The van der Waals surface area contributed by atoms with Crippen molar-refractivity contribution in [1.82, 2.24) is 14.5 Å². The van der Waals surface area contributed by atoms with Crippen molar-refractivity contribution < 1.29 is 0 Å². The smallest absolute Gasteiger partial charge is 0.262 e. The maximum absolute atomic E-state index is 13.0. The van der Waals surface area contributed by atoms with E-state index in [1.54, 1.807) is 10.8 Å². The Morgan fingerprint density at radius 1 is 0.833 bits per heavy atom. The van der Waals surface area contributed by atoms with E-state index in [1.807, 2.05) is 72.8 Å². The van der Waals surface area contributed by atoms with Gasteiger partial charge in [0.2, 0.25) is 0 Å². The van der Waals surface area contributed by atoms with Gasteiger partial charge >= 0.3 is 0 Å². The second-order valence-electron chi connectivity index (χ2n) is 5.53. The number of para-hydroxylation sites is 1. The Balaban J connectivity index is 1.98. The fraction of sp³-hybridized carbons (Fsp3) is 0.0500. The van der Waals surface area contributed by atoms with Gasteiger partial charge in [-0.1, -0.05) is 48.5 Å². The van der Waals surface area contributed by atoms with Crippen molar-refractivity contribution >= 4 is 10.9 Å². The Hall–Kier alpha value is -3.27. The van der Waals surface area contributed by atoms with Gasteiger partial charge in [-0.05, 0) is 24.3 Å². The third-order valence-electron chi connectivity index (χ3n) is 3.94. The standard InChI is InChI=1S/C20H15N3O/c24-20-17-11-4-5-12-18(17)22-19(15-8-2-1-3-9-15)23(20)14-16-10-6-7-13-21-16/h1-13H,14H2. The van der Waals surface area contributed by atoms with Gasteiger partial charge < -0.3 is 0 Å². The lowest BCUT2D eigenvalue weighted by molar-refractivity contribution is 0.740. The lowest BCUT2D eigenvalue weighted by Gasteiger charge is -2.13. The van der Waals surface area contributed by atoms with Gasteiger partial charge in [-0.15, -0.1) is 0 Å². The minimum absolute atomic E-state index is 0.0508. The van der Waals surface area contributed by atoms with E-state index in [9.17, 15) is 4.79 Å². The number of hydrogen-bond donors (Lipinski definition) is 0. The van der Waals surface area contributed by atoms with Crippen LogP contribution in [0.5, 0.6) is 0 Å². The molecule has 0 saturated carbocycles. The SMILES string of the molecule is O=c1c2ccccc2nc(-c2ccccc2)n1Cc1ccccn1. The quantitative estimate of drug-likeness (QED) is 0.581. The Morgan fingerprint density at radius 2 is 1.58 bits per heavy atom. The van der Waals surface area contributed by atoms with Crippen LogP contribution in [-0.4, -0.2) is 14.5 Å². The molecular weight excluding hydrogens is 298 g/mol. The molecule has 0 N–H and O–H groups in total. The molecule has 0 aliphatic rings. The number of fused-ring (bicyclic) bond motifs is 1. The normalized spacial score (nSPS) is 10.8. The number of rotatable bonds is 3. The number of benzene rings is 2. The minimum Gasteiger partial charge on any atom is -0.286 e. The highest BCUT2D eigenvalue weighted by Crippen LogP contribution is 2.19. The fourth-order valence-electron chi connectivity index (χ4n) is 2.78. The van der Waals surface area contributed by atoms with E-state index in [0.717, 1.165) is 11.3 Å². The van der Waals surface area contributed by atoms with Crippen LogP contribution in [0.2, 0.25) is 0 Å². The first-order valence-corrected chi connectivity index (χ1v) is 7.78. The predicted octanol–water partition coefficient (Wildman–Crippen LogP) is 3.51. The van der Waals surface area contributed by atoms with Crippen LogP contribution in [0.1, 0.15) is 5.69 Å². The molecule has 0 radical (unpaired) electrons. The van der Waals surface area contributed by atoms with E-state index in [4.69, 9.17) is 4.98 Å². The molecule has 0 amide bonds. The molecule has 2 aromatic carbocycles. The lowest BCUT2D eigenvalue weighted by Crippen LogP contribution is -2.24. The van der Waals surface area contributed by atoms with Crippen molar-refractivity contribution in [2.45, 2.75) is 6.54 Å². The zero-order chi connectivity index (χ0) is 16.4. The van der Waals surface area contributed by atoms with E-state index >= 15 is 0 Å². The first kappa shape index (κ1) is 14.3. The van der Waals surface area contributed by atoms with Gasteiger partial charge in [0, 0.05) is 11.8 Å². The van der Waals surface area contributed by atoms with Crippen molar-refractivity contribution in [3.63, 3.8) is 0 Å². The molecule has 0 fully saturated rings. The van der Waals surface area contributed by atoms with Crippen molar-refractivity contribution in [1.29, 1.82) is 0 Å². The highest BCUT2D eigenvalue weighted by Gasteiger charge is 2.13. The molecule has 4 aromatic rings.